The molecule has 6 nitrogen and oxygen atoms in total. The molecule has 1 N–H and O–H groups in total. The minimum absolute atomic E-state index is 0.132. The number of benzene rings is 1. The van der Waals surface area contributed by atoms with Gasteiger partial charge in [-0.15, -0.1) is 0 Å². The number of piperazine rings is 1. The number of aromatic amines is 1. The number of aromatic nitrogens is 3. The average molecular weight is 410 g/mol. The lowest BCUT2D eigenvalue weighted by molar-refractivity contribution is 0.249. The van der Waals surface area contributed by atoms with Crippen LogP contribution in [-0.2, 0) is 13.0 Å². The summed E-state index contributed by atoms with van der Waals surface area (Å²) < 4.78 is 0. The van der Waals surface area contributed by atoms with Crippen LogP contribution in [0.15, 0.2) is 53.5 Å². The summed E-state index contributed by atoms with van der Waals surface area (Å²) in [6.45, 7) is 6.75. The second-order valence-electron chi connectivity index (χ2n) is 7.23. The van der Waals surface area contributed by atoms with Crippen LogP contribution in [0.2, 0.25) is 5.02 Å². The molecule has 7 heteroatoms. The molecule has 0 bridgehead atoms. The number of aryl methyl sites for hydroxylation is 1. The number of hydrogen-bond acceptors (Lipinski definition) is 5. The Labute approximate surface area is 175 Å². The molecule has 0 radical (unpaired) electrons. The summed E-state index contributed by atoms with van der Waals surface area (Å²) in [5.41, 5.74) is 2.75. The molecule has 1 fully saturated rings. The lowest BCUT2D eigenvalue weighted by Crippen LogP contribution is -2.46. The number of halogens is 1. The quantitative estimate of drug-likeness (QED) is 0.699. The molecule has 0 amide bonds. The summed E-state index contributed by atoms with van der Waals surface area (Å²) in [7, 11) is 0. The zero-order valence-electron chi connectivity index (χ0n) is 16.4. The van der Waals surface area contributed by atoms with Crippen molar-refractivity contribution >= 4 is 17.4 Å². The fourth-order valence-corrected chi connectivity index (χ4v) is 3.65. The summed E-state index contributed by atoms with van der Waals surface area (Å²) in [6.07, 6.45) is 2.51. The van der Waals surface area contributed by atoms with Crippen molar-refractivity contribution in [3.05, 3.63) is 75.3 Å². The summed E-state index contributed by atoms with van der Waals surface area (Å²) in [5.74, 6) is 1.52. The van der Waals surface area contributed by atoms with Crippen molar-refractivity contribution in [2.75, 3.05) is 31.1 Å². The standard InChI is InChI=1S/C22H24ClN5O/c1-2-19-13-21(29)26-22(25-19)17-5-8-20(24-14-17)28-11-9-27(10-12-28)15-16-3-6-18(23)7-4-16/h3-8,13-14H,2,9-12,15H2,1H3,(H,25,26,29). The molecule has 1 saturated heterocycles. The third-order valence-electron chi connectivity index (χ3n) is 5.19. The number of rotatable bonds is 5. The molecule has 0 aliphatic carbocycles. The predicted octanol–water partition coefficient (Wildman–Crippen LogP) is 3.37. The Morgan fingerprint density at radius 3 is 2.48 bits per heavy atom. The normalized spacial score (nSPS) is 14.9. The average Bonchev–Trinajstić information content (AvgIpc) is 2.75. The van der Waals surface area contributed by atoms with Gasteiger partial charge >= 0.3 is 0 Å². The van der Waals surface area contributed by atoms with E-state index in [1.807, 2.05) is 31.2 Å². The van der Waals surface area contributed by atoms with E-state index in [1.54, 1.807) is 6.20 Å². The van der Waals surface area contributed by atoms with Crippen molar-refractivity contribution < 1.29 is 0 Å². The van der Waals surface area contributed by atoms with Gasteiger partial charge in [-0.25, -0.2) is 9.97 Å². The third-order valence-corrected chi connectivity index (χ3v) is 5.45. The molecule has 3 aromatic rings. The van der Waals surface area contributed by atoms with E-state index in [0.717, 1.165) is 61.2 Å². The van der Waals surface area contributed by atoms with Crippen molar-refractivity contribution in [3.8, 4) is 11.4 Å². The summed E-state index contributed by atoms with van der Waals surface area (Å²) >= 11 is 5.97. The summed E-state index contributed by atoms with van der Waals surface area (Å²) in [4.78, 5) is 28.4. The Morgan fingerprint density at radius 1 is 1.07 bits per heavy atom. The number of nitrogens with one attached hydrogen (secondary N) is 1. The topological polar surface area (TPSA) is 65.1 Å². The first-order chi connectivity index (χ1) is 14.1. The Kier molecular flexibility index (Phi) is 5.92. The zero-order valence-corrected chi connectivity index (χ0v) is 17.2. The lowest BCUT2D eigenvalue weighted by atomic mass is 10.2. The van der Waals surface area contributed by atoms with Gasteiger partial charge in [-0.2, -0.15) is 0 Å². The van der Waals surface area contributed by atoms with E-state index in [4.69, 9.17) is 11.6 Å². The van der Waals surface area contributed by atoms with Crippen LogP contribution in [0.25, 0.3) is 11.4 Å². The third kappa shape index (κ3) is 4.83. The number of hydrogen-bond donors (Lipinski definition) is 1. The molecule has 0 spiro atoms. The van der Waals surface area contributed by atoms with Crippen molar-refractivity contribution in [2.24, 2.45) is 0 Å². The Morgan fingerprint density at radius 2 is 1.83 bits per heavy atom. The molecular weight excluding hydrogens is 386 g/mol. The first-order valence-electron chi connectivity index (χ1n) is 9.89. The highest BCUT2D eigenvalue weighted by molar-refractivity contribution is 6.30. The van der Waals surface area contributed by atoms with Crippen LogP contribution in [0, 0.1) is 0 Å². The van der Waals surface area contributed by atoms with Gasteiger partial charge in [0, 0.05) is 61.3 Å². The minimum Gasteiger partial charge on any atom is -0.354 e. The molecule has 1 aliphatic heterocycles. The lowest BCUT2D eigenvalue weighted by Gasteiger charge is -2.35. The van der Waals surface area contributed by atoms with E-state index in [9.17, 15) is 4.79 Å². The van der Waals surface area contributed by atoms with E-state index >= 15 is 0 Å². The molecular formula is C22H24ClN5O. The largest absolute Gasteiger partial charge is 0.354 e. The van der Waals surface area contributed by atoms with Crippen LogP contribution in [0.4, 0.5) is 5.82 Å². The maximum absolute atomic E-state index is 11.8. The first kappa shape index (κ1) is 19.6. The maximum atomic E-state index is 11.8. The van der Waals surface area contributed by atoms with Crippen LogP contribution in [0.1, 0.15) is 18.2 Å². The van der Waals surface area contributed by atoms with Gasteiger partial charge in [0.25, 0.3) is 5.56 Å². The van der Waals surface area contributed by atoms with Gasteiger partial charge in [-0.05, 0) is 36.2 Å². The number of nitrogens with zero attached hydrogens (tertiary/aromatic N) is 4. The minimum atomic E-state index is -0.132. The number of H-pyrrole nitrogens is 1. The van der Waals surface area contributed by atoms with Crippen molar-refractivity contribution in [1.29, 1.82) is 0 Å². The Bertz CT molecular complexity index is 1010. The summed E-state index contributed by atoms with van der Waals surface area (Å²) in [6, 6.07) is 13.6. The van der Waals surface area contributed by atoms with Crippen molar-refractivity contribution in [3.63, 3.8) is 0 Å². The SMILES string of the molecule is CCc1cc(=O)[nH]c(-c2ccc(N3CCN(Cc4ccc(Cl)cc4)CC3)nc2)n1. The smallest absolute Gasteiger partial charge is 0.251 e. The first-order valence-corrected chi connectivity index (χ1v) is 10.3. The molecule has 4 rings (SSSR count). The molecule has 29 heavy (non-hydrogen) atoms. The van der Waals surface area contributed by atoms with Crippen molar-refractivity contribution in [2.45, 2.75) is 19.9 Å². The zero-order chi connectivity index (χ0) is 20.2. The van der Waals surface area contributed by atoms with Gasteiger partial charge in [-0.1, -0.05) is 30.7 Å². The molecule has 3 heterocycles. The van der Waals surface area contributed by atoms with E-state index in [2.05, 4.69) is 36.9 Å². The monoisotopic (exact) mass is 409 g/mol. The molecule has 1 aliphatic rings. The fourth-order valence-electron chi connectivity index (χ4n) is 3.52. The Balaban J connectivity index is 1.38. The fraction of sp³-hybridized carbons (Fsp3) is 0.318. The second-order valence-corrected chi connectivity index (χ2v) is 7.67. The summed E-state index contributed by atoms with van der Waals surface area (Å²) in [5, 5.41) is 0.772. The number of pyridine rings is 1. The van der Waals surface area contributed by atoms with Gasteiger partial charge in [-0.3, -0.25) is 9.69 Å². The van der Waals surface area contributed by atoms with Crippen LogP contribution in [0.3, 0.4) is 0 Å². The second kappa shape index (κ2) is 8.76. The molecule has 0 unspecified atom stereocenters. The van der Waals surface area contributed by atoms with E-state index in [-0.39, 0.29) is 5.56 Å². The molecule has 0 atom stereocenters. The van der Waals surface area contributed by atoms with Gasteiger partial charge in [0.15, 0.2) is 0 Å². The highest BCUT2D eigenvalue weighted by Crippen LogP contribution is 2.19. The predicted molar refractivity (Wildman–Crippen MR) is 116 cm³/mol. The van der Waals surface area contributed by atoms with E-state index < -0.39 is 0 Å². The molecule has 2 aromatic heterocycles. The van der Waals surface area contributed by atoms with E-state index in [0.29, 0.717) is 5.82 Å². The van der Waals surface area contributed by atoms with Gasteiger partial charge in [0.2, 0.25) is 0 Å². The van der Waals surface area contributed by atoms with Crippen LogP contribution in [0.5, 0.6) is 0 Å². The van der Waals surface area contributed by atoms with Crippen LogP contribution < -0.4 is 10.5 Å². The highest BCUT2D eigenvalue weighted by atomic mass is 35.5. The number of anilines is 1. The van der Waals surface area contributed by atoms with Crippen LogP contribution in [-0.4, -0.2) is 46.0 Å². The van der Waals surface area contributed by atoms with Gasteiger partial charge < -0.3 is 9.88 Å². The van der Waals surface area contributed by atoms with Crippen LogP contribution >= 0.6 is 11.6 Å². The van der Waals surface area contributed by atoms with E-state index in [1.165, 1.54) is 11.6 Å². The molecule has 150 valence electrons. The van der Waals surface area contributed by atoms with Crippen molar-refractivity contribution in [1.82, 2.24) is 19.9 Å². The molecule has 1 aromatic carbocycles. The van der Waals surface area contributed by atoms with Gasteiger partial charge in [0.05, 0.1) is 0 Å². The maximum Gasteiger partial charge on any atom is 0.251 e. The highest BCUT2D eigenvalue weighted by Gasteiger charge is 2.18. The Hall–Kier alpha value is -2.70. The van der Waals surface area contributed by atoms with Gasteiger partial charge in [0.1, 0.15) is 11.6 Å². The molecule has 0 saturated carbocycles.